The van der Waals surface area contributed by atoms with Crippen LogP contribution in [0.25, 0.3) is 0 Å². The number of hydrogen-bond donors (Lipinski definition) is 2. The quantitative estimate of drug-likeness (QED) is 0.823. The van der Waals surface area contributed by atoms with E-state index >= 15 is 0 Å². The Balaban J connectivity index is 2.79. The zero-order valence-corrected chi connectivity index (χ0v) is 12.0. The van der Waals surface area contributed by atoms with Gasteiger partial charge in [0, 0.05) is 6.04 Å². The fourth-order valence-electron chi connectivity index (χ4n) is 1.87. The number of sulfonamides is 1. The minimum atomic E-state index is -3.59. The van der Waals surface area contributed by atoms with E-state index < -0.39 is 10.0 Å². The van der Waals surface area contributed by atoms with E-state index in [2.05, 4.69) is 26.1 Å². The van der Waals surface area contributed by atoms with Crippen LogP contribution in [0.5, 0.6) is 0 Å². The van der Waals surface area contributed by atoms with Crippen molar-refractivity contribution in [2.45, 2.75) is 38.1 Å². The maximum atomic E-state index is 11.1. The van der Waals surface area contributed by atoms with Gasteiger partial charge in [0.15, 0.2) is 0 Å². The van der Waals surface area contributed by atoms with Crippen molar-refractivity contribution < 1.29 is 8.42 Å². The predicted molar refractivity (Wildman–Crippen MR) is 73.8 cm³/mol. The van der Waals surface area contributed by atoms with E-state index in [0.717, 1.165) is 18.5 Å². The van der Waals surface area contributed by atoms with Gasteiger partial charge in [-0.1, -0.05) is 32.9 Å². The highest BCUT2D eigenvalue weighted by atomic mass is 32.2. The minimum Gasteiger partial charge on any atom is -0.314 e. The van der Waals surface area contributed by atoms with Gasteiger partial charge in [-0.05, 0) is 36.6 Å². The number of nitrogens with one attached hydrogen (secondary N) is 1. The number of primary sulfonamides is 1. The van der Waals surface area contributed by atoms with Crippen LogP contribution in [0.4, 0.5) is 0 Å². The molecule has 18 heavy (non-hydrogen) atoms. The number of nitrogens with two attached hydrogens (primary N) is 1. The summed E-state index contributed by atoms with van der Waals surface area (Å²) in [5.41, 5.74) is 1.11. The second-order valence-electron chi connectivity index (χ2n) is 4.80. The molecule has 5 heteroatoms. The monoisotopic (exact) mass is 270 g/mol. The topological polar surface area (TPSA) is 72.2 Å². The van der Waals surface area contributed by atoms with Gasteiger partial charge < -0.3 is 5.32 Å². The average molecular weight is 270 g/mol. The van der Waals surface area contributed by atoms with Gasteiger partial charge >= 0.3 is 0 Å². The first-order valence-corrected chi connectivity index (χ1v) is 7.74. The van der Waals surface area contributed by atoms with Gasteiger partial charge in [0.05, 0.1) is 4.90 Å². The van der Waals surface area contributed by atoms with Crippen molar-refractivity contribution in [3.8, 4) is 0 Å². The summed E-state index contributed by atoms with van der Waals surface area (Å²) in [6.07, 6.45) is 0.885. The van der Waals surface area contributed by atoms with Crippen LogP contribution < -0.4 is 10.5 Å². The van der Waals surface area contributed by atoms with E-state index in [-0.39, 0.29) is 4.90 Å². The van der Waals surface area contributed by atoms with Crippen LogP contribution in [0.2, 0.25) is 0 Å². The Labute approximate surface area is 110 Å². The van der Waals surface area contributed by atoms with E-state index in [9.17, 15) is 8.42 Å². The van der Waals surface area contributed by atoms with Crippen LogP contribution in [-0.2, 0) is 16.4 Å². The summed E-state index contributed by atoms with van der Waals surface area (Å²) in [7, 11) is -3.59. The Morgan fingerprint density at radius 1 is 1.22 bits per heavy atom. The lowest BCUT2D eigenvalue weighted by molar-refractivity contribution is 0.405. The zero-order valence-electron chi connectivity index (χ0n) is 11.2. The van der Waals surface area contributed by atoms with Gasteiger partial charge in [0.2, 0.25) is 10.0 Å². The predicted octanol–water partition coefficient (Wildman–Crippen LogP) is 1.51. The molecule has 0 saturated heterocycles. The molecule has 1 aromatic carbocycles. The van der Waals surface area contributed by atoms with Crippen molar-refractivity contribution in [1.82, 2.24) is 5.32 Å². The molecule has 0 aliphatic carbocycles. The van der Waals surface area contributed by atoms with Gasteiger partial charge in [-0.25, -0.2) is 13.6 Å². The van der Waals surface area contributed by atoms with E-state index in [0.29, 0.717) is 12.0 Å². The van der Waals surface area contributed by atoms with Crippen molar-refractivity contribution in [1.29, 1.82) is 0 Å². The molecule has 102 valence electrons. The van der Waals surface area contributed by atoms with Crippen LogP contribution in [0.3, 0.4) is 0 Å². The molecule has 0 aromatic heterocycles. The maximum Gasteiger partial charge on any atom is 0.238 e. The first kappa shape index (κ1) is 15.1. The lowest BCUT2D eigenvalue weighted by atomic mass is 9.96. The number of likely N-dealkylation sites (N-methyl/N-ethyl adjacent to an activating group) is 1. The summed E-state index contributed by atoms with van der Waals surface area (Å²) < 4.78 is 22.3. The Morgan fingerprint density at radius 2 is 1.78 bits per heavy atom. The third-order valence-corrected chi connectivity index (χ3v) is 3.91. The molecule has 0 amide bonds. The summed E-state index contributed by atoms with van der Waals surface area (Å²) in [4.78, 5) is 0.163. The fraction of sp³-hybridized carbons (Fsp3) is 0.538. The molecular weight excluding hydrogens is 248 g/mol. The number of rotatable bonds is 6. The molecule has 1 aromatic rings. The molecule has 4 nitrogen and oxygen atoms in total. The Kier molecular flexibility index (Phi) is 5.31. The zero-order chi connectivity index (χ0) is 13.8. The molecule has 0 aliphatic heterocycles. The first-order chi connectivity index (χ1) is 8.34. The molecule has 0 spiro atoms. The van der Waals surface area contributed by atoms with Crippen LogP contribution in [0.15, 0.2) is 29.2 Å². The Hall–Kier alpha value is -0.910. The lowest BCUT2D eigenvalue weighted by Crippen LogP contribution is -2.35. The highest BCUT2D eigenvalue weighted by molar-refractivity contribution is 7.89. The van der Waals surface area contributed by atoms with Gasteiger partial charge in [-0.2, -0.15) is 0 Å². The molecule has 0 fully saturated rings. The molecule has 0 radical (unpaired) electrons. The smallest absolute Gasteiger partial charge is 0.238 e. The molecule has 3 N–H and O–H groups in total. The molecule has 1 unspecified atom stereocenters. The fourth-order valence-corrected chi connectivity index (χ4v) is 2.39. The second kappa shape index (κ2) is 6.31. The van der Waals surface area contributed by atoms with Gasteiger partial charge in [0.1, 0.15) is 0 Å². The van der Waals surface area contributed by atoms with E-state index in [1.165, 1.54) is 0 Å². The van der Waals surface area contributed by atoms with Crippen molar-refractivity contribution >= 4 is 10.0 Å². The molecule has 0 saturated carbocycles. The minimum absolute atomic E-state index is 0.163. The van der Waals surface area contributed by atoms with Gasteiger partial charge in [0.25, 0.3) is 0 Å². The summed E-state index contributed by atoms with van der Waals surface area (Å²) in [6, 6.07) is 7.18. The molecule has 1 rings (SSSR count). The Morgan fingerprint density at radius 3 is 2.17 bits per heavy atom. The molecule has 0 heterocycles. The van der Waals surface area contributed by atoms with Crippen LogP contribution in [0, 0.1) is 5.92 Å². The third kappa shape index (κ3) is 4.40. The van der Waals surface area contributed by atoms with E-state index in [1.807, 2.05) is 12.1 Å². The van der Waals surface area contributed by atoms with Crippen molar-refractivity contribution in [2.24, 2.45) is 11.1 Å². The SMILES string of the molecule is CCNC(Cc1ccc(S(N)(=O)=O)cc1)C(C)C. The van der Waals surface area contributed by atoms with Crippen LogP contribution >= 0.6 is 0 Å². The number of hydrogen-bond acceptors (Lipinski definition) is 3. The second-order valence-corrected chi connectivity index (χ2v) is 6.36. The molecule has 0 aliphatic rings. The first-order valence-electron chi connectivity index (χ1n) is 6.19. The molecular formula is C13H22N2O2S. The molecule has 0 bridgehead atoms. The normalized spacial score (nSPS) is 13.8. The summed E-state index contributed by atoms with van der Waals surface area (Å²) in [5, 5.41) is 8.50. The highest BCUT2D eigenvalue weighted by Crippen LogP contribution is 2.13. The average Bonchev–Trinajstić information content (AvgIpc) is 2.28. The van der Waals surface area contributed by atoms with Crippen LogP contribution in [0.1, 0.15) is 26.3 Å². The van der Waals surface area contributed by atoms with Crippen LogP contribution in [-0.4, -0.2) is 21.0 Å². The molecule has 1 atom stereocenters. The maximum absolute atomic E-state index is 11.1. The highest BCUT2D eigenvalue weighted by Gasteiger charge is 2.13. The largest absolute Gasteiger partial charge is 0.314 e. The van der Waals surface area contributed by atoms with E-state index in [4.69, 9.17) is 5.14 Å². The number of benzene rings is 1. The van der Waals surface area contributed by atoms with E-state index in [1.54, 1.807) is 12.1 Å². The standard InChI is InChI=1S/C13H22N2O2S/c1-4-15-13(10(2)3)9-11-5-7-12(8-6-11)18(14,16)17/h5-8,10,13,15H,4,9H2,1-3H3,(H2,14,16,17). The van der Waals surface area contributed by atoms with Crippen molar-refractivity contribution in [3.63, 3.8) is 0 Å². The van der Waals surface area contributed by atoms with Gasteiger partial charge in [-0.3, -0.25) is 0 Å². The summed E-state index contributed by atoms with van der Waals surface area (Å²) in [5.74, 6) is 0.530. The lowest BCUT2D eigenvalue weighted by Gasteiger charge is -2.21. The third-order valence-electron chi connectivity index (χ3n) is 2.98. The van der Waals surface area contributed by atoms with Crippen molar-refractivity contribution in [2.75, 3.05) is 6.54 Å². The van der Waals surface area contributed by atoms with Crippen molar-refractivity contribution in [3.05, 3.63) is 29.8 Å². The van der Waals surface area contributed by atoms with Gasteiger partial charge in [-0.15, -0.1) is 0 Å². The Bertz CT molecular complexity index is 466. The summed E-state index contributed by atoms with van der Waals surface area (Å²) in [6.45, 7) is 7.36. The summed E-state index contributed by atoms with van der Waals surface area (Å²) >= 11 is 0.